The number of ether oxygens (including phenoxy) is 1. The van der Waals surface area contributed by atoms with Gasteiger partial charge in [-0.2, -0.15) is 0 Å². The summed E-state index contributed by atoms with van der Waals surface area (Å²) in [5.41, 5.74) is -2.84. The van der Waals surface area contributed by atoms with E-state index < -0.39 is 85.6 Å². The number of rotatable bonds is 7. The monoisotopic (exact) mass is 715 g/mol. The van der Waals surface area contributed by atoms with Crippen molar-refractivity contribution in [1.29, 1.82) is 0 Å². The number of carbonyl (C=O) groups is 3. The zero-order chi connectivity index (χ0) is 35.3. The molecule has 3 aliphatic rings. The Balaban J connectivity index is 1.27. The highest BCUT2D eigenvalue weighted by Gasteiger charge is 2.56. The third-order valence-corrected chi connectivity index (χ3v) is 12.0. The van der Waals surface area contributed by atoms with E-state index in [0.29, 0.717) is 25.0 Å². The third kappa shape index (κ3) is 7.00. The highest BCUT2D eigenvalue weighted by atomic mass is 35.5. The number of nitrogens with one attached hydrogen (secondary N) is 2. The van der Waals surface area contributed by atoms with Gasteiger partial charge in [0.2, 0.25) is 5.91 Å². The van der Waals surface area contributed by atoms with Crippen molar-refractivity contribution in [2.75, 3.05) is 18.4 Å². The zero-order valence-corrected chi connectivity index (χ0v) is 28.0. The van der Waals surface area contributed by atoms with Crippen molar-refractivity contribution in [3.63, 3.8) is 0 Å². The number of likely N-dealkylation sites (tertiary alicyclic amines) is 1. The minimum Gasteiger partial charge on any atom is -0.444 e. The summed E-state index contributed by atoms with van der Waals surface area (Å²) in [6.45, 7) is 4.92. The maximum Gasteiger partial charge on any atom is 0.411 e. The van der Waals surface area contributed by atoms with Crippen molar-refractivity contribution < 1.29 is 50.9 Å². The summed E-state index contributed by atoms with van der Waals surface area (Å²) in [5, 5.41) is 26.0. The van der Waals surface area contributed by atoms with Crippen LogP contribution >= 0.6 is 11.6 Å². The fraction of sp³-hybridized carbons (Fsp3) is 0.531. The van der Waals surface area contributed by atoms with E-state index in [9.17, 15) is 46.2 Å². The van der Waals surface area contributed by atoms with Crippen molar-refractivity contribution in [1.82, 2.24) is 10.2 Å². The van der Waals surface area contributed by atoms with E-state index in [1.54, 1.807) is 20.8 Å². The van der Waals surface area contributed by atoms with E-state index in [1.165, 1.54) is 12.1 Å². The smallest absolute Gasteiger partial charge is 0.411 e. The van der Waals surface area contributed by atoms with Crippen LogP contribution in [0.3, 0.4) is 0 Å². The lowest BCUT2D eigenvalue weighted by molar-refractivity contribution is -0.131. The Bertz CT molecular complexity index is 1700. The van der Waals surface area contributed by atoms with E-state index in [1.807, 2.05) is 0 Å². The minimum absolute atomic E-state index is 0.0299. The summed E-state index contributed by atoms with van der Waals surface area (Å²) < 4.78 is 73.7. The third-order valence-electron chi connectivity index (χ3n) is 9.36. The molecule has 1 saturated heterocycles. The minimum atomic E-state index is -4.17. The number of nitrogens with zero attached hydrogens (tertiary/aromatic N) is 1. The summed E-state index contributed by atoms with van der Waals surface area (Å²) in [6, 6.07) is 3.43. The Kier molecular flexibility index (Phi) is 9.83. The molecule has 2 aromatic carbocycles. The second kappa shape index (κ2) is 13.1. The lowest BCUT2D eigenvalue weighted by Crippen LogP contribution is -2.58. The Labute approximate surface area is 280 Å². The number of carbonyl (C=O) groups excluding carboxylic acids is 3. The topological polar surface area (TPSA) is 162 Å². The molecule has 2 unspecified atom stereocenters. The number of anilines is 1. The molecule has 1 heterocycles. The SMILES string of the molecule is CC(C)(C)OC(=O)N1CC[C@@H](O)[C@H]1C(=O)NC[C@]1(O)C2CCC1C[C@@H](S(=O)(=O)c1cc(C(=O)Nc3cc(F)c(F)c(F)c3)ccc1Cl)C2. The number of aliphatic hydroxyl groups excluding tert-OH is 1. The number of fused-ring (bicyclic) bond motifs is 2. The van der Waals surface area contributed by atoms with Crippen LogP contribution < -0.4 is 10.6 Å². The molecule has 11 nitrogen and oxygen atoms in total. The molecule has 2 saturated carbocycles. The zero-order valence-electron chi connectivity index (χ0n) is 26.4. The number of hydrogen-bond acceptors (Lipinski definition) is 8. The van der Waals surface area contributed by atoms with Gasteiger partial charge in [-0.25, -0.2) is 26.4 Å². The molecule has 48 heavy (non-hydrogen) atoms. The van der Waals surface area contributed by atoms with E-state index in [0.717, 1.165) is 11.0 Å². The highest BCUT2D eigenvalue weighted by Crippen LogP contribution is 2.52. The van der Waals surface area contributed by atoms with Crippen LogP contribution in [0, 0.1) is 29.3 Å². The summed E-state index contributed by atoms with van der Waals surface area (Å²) in [7, 11) is -4.17. The van der Waals surface area contributed by atoms with Gasteiger partial charge in [0.25, 0.3) is 5.91 Å². The molecular weight excluding hydrogens is 679 g/mol. The van der Waals surface area contributed by atoms with Gasteiger partial charge in [-0.15, -0.1) is 0 Å². The van der Waals surface area contributed by atoms with Crippen LogP contribution in [0.1, 0.15) is 63.2 Å². The maximum atomic E-state index is 13.9. The van der Waals surface area contributed by atoms with Crippen molar-refractivity contribution in [3.8, 4) is 0 Å². The summed E-state index contributed by atoms with van der Waals surface area (Å²) in [5.74, 6) is -7.38. The predicted molar refractivity (Wildman–Crippen MR) is 167 cm³/mol. The second-order valence-corrected chi connectivity index (χ2v) is 16.3. The number of halogens is 4. The van der Waals surface area contributed by atoms with Gasteiger partial charge in [0.05, 0.1) is 26.9 Å². The first-order chi connectivity index (χ1) is 22.3. The van der Waals surface area contributed by atoms with Crippen LogP contribution in [0.4, 0.5) is 23.7 Å². The molecule has 0 radical (unpaired) electrons. The summed E-state index contributed by atoms with van der Waals surface area (Å²) in [4.78, 5) is 39.6. The van der Waals surface area contributed by atoms with Crippen molar-refractivity contribution in [2.45, 2.75) is 86.4 Å². The van der Waals surface area contributed by atoms with Gasteiger partial charge >= 0.3 is 6.09 Å². The molecule has 2 bridgehead atoms. The highest BCUT2D eigenvalue weighted by molar-refractivity contribution is 7.92. The van der Waals surface area contributed by atoms with Crippen LogP contribution in [0.25, 0.3) is 0 Å². The fourth-order valence-corrected chi connectivity index (χ4v) is 9.38. The van der Waals surface area contributed by atoms with Crippen LogP contribution in [-0.2, 0) is 19.4 Å². The molecule has 5 rings (SSSR count). The van der Waals surface area contributed by atoms with Crippen LogP contribution in [0.15, 0.2) is 35.2 Å². The van der Waals surface area contributed by atoms with Crippen LogP contribution in [-0.4, -0.2) is 83.1 Å². The molecule has 262 valence electrons. The van der Waals surface area contributed by atoms with Crippen molar-refractivity contribution in [2.24, 2.45) is 11.8 Å². The molecule has 0 aromatic heterocycles. The average molecular weight is 716 g/mol. The van der Waals surface area contributed by atoms with Crippen molar-refractivity contribution in [3.05, 3.63) is 58.4 Å². The van der Waals surface area contributed by atoms with E-state index in [-0.39, 0.29) is 53.5 Å². The lowest BCUT2D eigenvalue weighted by Gasteiger charge is -2.43. The number of amides is 3. The van der Waals surface area contributed by atoms with Gasteiger partial charge in [0.1, 0.15) is 11.6 Å². The number of aliphatic hydroxyl groups is 2. The van der Waals surface area contributed by atoms with Gasteiger partial charge in [-0.3, -0.25) is 14.5 Å². The standard InChI is InChI=1S/C32H37ClF3N3O8S/c1-31(2,3)47-30(43)39-9-8-24(40)27(39)29(42)37-15-32(44)17-5-6-18(32)12-20(11-17)48(45,46)25-10-16(4-7-21(25)33)28(41)38-19-13-22(34)26(36)23(35)14-19/h4,7,10,13-14,17-18,20,24,27,40,44H,5-6,8-9,11-12,15H2,1-3H3,(H,37,42)(H,38,41)/t17?,18?,20-,24-,27+,32-/m1/s1. The average Bonchev–Trinajstić information content (AvgIpc) is 3.41. The summed E-state index contributed by atoms with van der Waals surface area (Å²) in [6.07, 6.45) is -0.682. The van der Waals surface area contributed by atoms with E-state index >= 15 is 0 Å². The first-order valence-electron chi connectivity index (χ1n) is 15.5. The molecule has 2 aromatic rings. The molecule has 16 heteroatoms. The molecular formula is C32H37ClF3N3O8S. The van der Waals surface area contributed by atoms with Gasteiger partial charge in [-0.1, -0.05) is 11.6 Å². The summed E-state index contributed by atoms with van der Waals surface area (Å²) >= 11 is 6.29. The first kappa shape index (κ1) is 35.9. The normalized spacial score (nSPS) is 27.1. The molecule has 2 aliphatic carbocycles. The van der Waals surface area contributed by atoms with Gasteiger partial charge in [0.15, 0.2) is 27.3 Å². The first-order valence-corrected chi connectivity index (χ1v) is 17.4. The molecule has 1 aliphatic heterocycles. The lowest BCUT2D eigenvalue weighted by atomic mass is 9.74. The van der Waals surface area contributed by atoms with Crippen LogP contribution in [0.5, 0.6) is 0 Å². The molecule has 3 amide bonds. The molecule has 4 N–H and O–H groups in total. The second-order valence-electron chi connectivity index (χ2n) is 13.6. The predicted octanol–water partition coefficient (Wildman–Crippen LogP) is 4.19. The number of benzene rings is 2. The molecule has 3 fully saturated rings. The fourth-order valence-electron chi connectivity index (χ4n) is 6.98. The Morgan fingerprint density at radius 1 is 1.04 bits per heavy atom. The Morgan fingerprint density at radius 3 is 2.23 bits per heavy atom. The van der Waals surface area contributed by atoms with Crippen LogP contribution in [0.2, 0.25) is 5.02 Å². The van der Waals surface area contributed by atoms with Gasteiger partial charge in [-0.05, 0) is 82.9 Å². The largest absolute Gasteiger partial charge is 0.444 e. The van der Waals surface area contributed by atoms with Crippen molar-refractivity contribution >= 4 is 45.0 Å². The number of sulfone groups is 1. The number of hydrogen-bond donors (Lipinski definition) is 4. The molecule has 0 spiro atoms. The van der Waals surface area contributed by atoms with Gasteiger partial charge < -0.3 is 25.6 Å². The quantitative estimate of drug-likeness (QED) is 0.311. The maximum absolute atomic E-state index is 13.9. The van der Waals surface area contributed by atoms with E-state index in [4.69, 9.17) is 16.3 Å². The van der Waals surface area contributed by atoms with Gasteiger partial charge in [0, 0.05) is 36.5 Å². The van der Waals surface area contributed by atoms with E-state index in [2.05, 4.69) is 10.6 Å². The molecule has 4 atom stereocenters. The Morgan fingerprint density at radius 2 is 1.65 bits per heavy atom. The Hall–Kier alpha value is -3.40.